The van der Waals surface area contributed by atoms with E-state index in [2.05, 4.69) is 22.0 Å². The molecule has 0 bridgehead atoms. The highest BCUT2D eigenvalue weighted by atomic mass is 31.2. The summed E-state index contributed by atoms with van der Waals surface area (Å²) in [5.74, 6) is -0.114. The number of phosphoric acid groups is 1. The zero-order chi connectivity index (χ0) is 22.7. The number of amides is 1. The molecule has 0 spiro atoms. The van der Waals surface area contributed by atoms with Crippen LogP contribution in [0.1, 0.15) is 27.3 Å². The fourth-order valence-electron chi connectivity index (χ4n) is 3.18. The average molecular weight is 445 g/mol. The second kappa shape index (κ2) is 12.4. The smallest absolute Gasteiger partial charge is 0.356 e. The van der Waals surface area contributed by atoms with E-state index in [1.165, 1.54) is 0 Å². The van der Waals surface area contributed by atoms with E-state index in [1.807, 2.05) is 68.4 Å². The van der Waals surface area contributed by atoms with Crippen LogP contribution in [0.25, 0.3) is 21.9 Å². The van der Waals surface area contributed by atoms with Crippen molar-refractivity contribution in [2.24, 2.45) is 0 Å². The summed E-state index contributed by atoms with van der Waals surface area (Å²) >= 11 is 0. The number of hydrogen-bond acceptors (Lipinski definition) is 4. The summed E-state index contributed by atoms with van der Waals surface area (Å²) < 4.78 is 20.3. The molecule has 31 heavy (non-hydrogen) atoms. The van der Waals surface area contributed by atoms with Gasteiger partial charge in [0.25, 0.3) is 0 Å². The lowest BCUT2D eigenvalue weighted by Crippen LogP contribution is -2.27. The van der Waals surface area contributed by atoms with Gasteiger partial charge in [0.05, 0.1) is 13.0 Å². The van der Waals surface area contributed by atoms with Crippen LogP contribution in [0.2, 0.25) is 0 Å². The minimum absolute atomic E-state index is 0. The first-order valence-electron chi connectivity index (χ1n) is 10.4. The van der Waals surface area contributed by atoms with E-state index in [1.54, 1.807) is 0 Å². The quantitative estimate of drug-likeness (QED) is 0.331. The van der Waals surface area contributed by atoms with Crippen molar-refractivity contribution in [2.75, 3.05) is 20.3 Å². The maximum atomic E-state index is 12.5. The third-order valence-electron chi connectivity index (χ3n) is 4.56. The number of nitrogens with one attached hydrogen (secondary N) is 1. The van der Waals surface area contributed by atoms with Gasteiger partial charge in [-0.05, 0) is 33.9 Å². The molecule has 0 aliphatic rings. The number of benzene rings is 3. The summed E-state index contributed by atoms with van der Waals surface area (Å²) in [5, 5.41) is 5.06. The minimum Gasteiger partial charge on any atom is -0.356 e. The van der Waals surface area contributed by atoms with Gasteiger partial charge in [0.15, 0.2) is 0 Å². The van der Waals surface area contributed by atoms with Crippen molar-refractivity contribution in [1.82, 2.24) is 5.32 Å². The number of rotatable bonds is 9. The van der Waals surface area contributed by atoms with Crippen LogP contribution in [0.4, 0.5) is 0 Å². The molecular formula is C24H32NO5P. The Bertz CT molecular complexity index is 1030. The van der Waals surface area contributed by atoms with Crippen LogP contribution in [-0.2, 0) is 24.8 Å². The van der Waals surface area contributed by atoms with E-state index in [0.29, 0.717) is 13.0 Å². The highest BCUT2D eigenvalue weighted by molar-refractivity contribution is 7.47. The average Bonchev–Trinajstić information content (AvgIpc) is 2.80. The molecule has 0 aromatic heterocycles. The molecule has 3 aromatic rings. The topological polar surface area (TPSA) is 84.9 Å². The van der Waals surface area contributed by atoms with Crippen LogP contribution in [0.5, 0.6) is 0 Å². The van der Waals surface area contributed by atoms with Gasteiger partial charge >= 0.3 is 7.82 Å². The molecule has 3 aromatic carbocycles. The van der Waals surface area contributed by atoms with Crippen molar-refractivity contribution in [3.63, 3.8) is 0 Å². The van der Waals surface area contributed by atoms with Gasteiger partial charge in [0, 0.05) is 15.1 Å². The largest absolute Gasteiger partial charge is 0.471 e. The summed E-state index contributed by atoms with van der Waals surface area (Å²) in [7, 11) is -2.86. The molecule has 1 atom stereocenters. The Morgan fingerprint density at radius 1 is 1.03 bits per heavy atom. The molecular weight excluding hydrogens is 413 g/mol. The molecule has 1 amide bonds. The maximum Gasteiger partial charge on any atom is 0.471 e. The molecule has 0 radical (unpaired) electrons. The number of phosphoric ester groups is 1. The first-order chi connectivity index (χ1) is 15.0. The Hall–Kier alpha value is -2.50. The number of hydrogen-bond donors (Lipinski definition) is 2. The standard InChI is InChI=1S/C22H24NO5P.C2H6.H2/c1-27-29(25,26)28-15-7-14-23-21(24)16-19-13-12-17-8-5-6-11-20(17)22(19)18-9-3-2-4-10-18;1-2;/h2-6,8-13H,7,14-16H2,1H3,(H,23,24)(H,25,26);1-2H3;1H. The van der Waals surface area contributed by atoms with Crippen LogP contribution in [-0.4, -0.2) is 31.1 Å². The number of carbonyl (C=O) groups excluding carboxylic acids is 1. The highest BCUT2D eigenvalue weighted by Gasteiger charge is 2.17. The summed E-state index contributed by atoms with van der Waals surface area (Å²) in [4.78, 5) is 21.6. The molecule has 0 aliphatic carbocycles. The molecule has 168 valence electrons. The Balaban J connectivity index is 0.00000166. The first-order valence-corrected chi connectivity index (χ1v) is 11.9. The van der Waals surface area contributed by atoms with Crippen molar-refractivity contribution in [3.05, 3.63) is 72.3 Å². The van der Waals surface area contributed by atoms with Crippen LogP contribution in [0, 0.1) is 0 Å². The van der Waals surface area contributed by atoms with E-state index in [9.17, 15) is 14.3 Å². The van der Waals surface area contributed by atoms with Crippen molar-refractivity contribution in [2.45, 2.75) is 26.7 Å². The lowest BCUT2D eigenvalue weighted by Gasteiger charge is -2.14. The zero-order valence-electron chi connectivity index (χ0n) is 18.2. The van der Waals surface area contributed by atoms with Gasteiger partial charge in [-0.1, -0.05) is 80.6 Å². The van der Waals surface area contributed by atoms with E-state index in [4.69, 9.17) is 4.52 Å². The SMILES string of the molecule is CC.COP(=O)(O)OCCCNC(=O)Cc1ccc2ccccc2c1-c1ccccc1.[HH]. The second-order valence-corrected chi connectivity index (χ2v) is 8.11. The normalized spacial score (nSPS) is 12.5. The summed E-state index contributed by atoms with van der Waals surface area (Å²) in [5.41, 5.74) is 3.07. The van der Waals surface area contributed by atoms with Crippen molar-refractivity contribution < 1.29 is 24.7 Å². The fourth-order valence-corrected chi connectivity index (χ4v) is 3.64. The third kappa shape index (κ3) is 7.30. The summed E-state index contributed by atoms with van der Waals surface area (Å²) in [6.45, 7) is 4.37. The molecule has 0 fully saturated rings. The van der Waals surface area contributed by atoms with Gasteiger partial charge in [0.1, 0.15) is 0 Å². The molecule has 3 rings (SSSR count). The Morgan fingerprint density at radius 2 is 1.71 bits per heavy atom. The van der Waals surface area contributed by atoms with Crippen molar-refractivity contribution >= 4 is 24.5 Å². The monoisotopic (exact) mass is 445 g/mol. The molecule has 1 unspecified atom stereocenters. The van der Waals surface area contributed by atoms with Gasteiger partial charge in [-0.3, -0.25) is 13.8 Å². The molecule has 6 nitrogen and oxygen atoms in total. The maximum absolute atomic E-state index is 12.5. The Morgan fingerprint density at radius 3 is 2.42 bits per heavy atom. The summed E-state index contributed by atoms with van der Waals surface area (Å²) in [6.07, 6.45) is 0.648. The predicted molar refractivity (Wildman–Crippen MR) is 127 cm³/mol. The molecule has 0 aliphatic heterocycles. The molecule has 7 heteroatoms. The van der Waals surface area contributed by atoms with Gasteiger partial charge < -0.3 is 10.2 Å². The third-order valence-corrected chi connectivity index (χ3v) is 5.53. The number of fused-ring (bicyclic) bond motifs is 1. The zero-order valence-corrected chi connectivity index (χ0v) is 19.1. The first kappa shape index (κ1) is 24.8. The van der Waals surface area contributed by atoms with Crippen molar-refractivity contribution in [3.8, 4) is 11.1 Å². The van der Waals surface area contributed by atoms with E-state index < -0.39 is 7.82 Å². The minimum atomic E-state index is -3.97. The Labute approximate surface area is 185 Å². The van der Waals surface area contributed by atoms with Gasteiger partial charge in [-0.2, -0.15) is 0 Å². The lowest BCUT2D eigenvalue weighted by molar-refractivity contribution is -0.120. The lowest BCUT2D eigenvalue weighted by atomic mass is 9.92. The van der Waals surface area contributed by atoms with E-state index in [0.717, 1.165) is 34.6 Å². The predicted octanol–water partition coefficient (Wildman–Crippen LogP) is 5.59. The van der Waals surface area contributed by atoms with Gasteiger partial charge in [-0.15, -0.1) is 0 Å². The highest BCUT2D eigenvalue weighted by Crippen LogP contribution is 2.41. The van der Waals surface area contributed by atoms with Crippen LogP contribution >= 0.6 is 7.82 Å². The molecule has 0 saturated heterocycles. The molecule has 0 heterocycles. The summed E-state index contributed by atoms with van der Waals surface area (Å²) in [6, 6.07) is 22.2. The van der Waals surface area contributed by atoms with Gasteiger partial charge in [0.2, 0.25) is 5.91 Å². The Kier molecular flexibility index (Phi) is 9.89. The second-order valence-electron chi connectivity index (χ2n) is 6.55. The van der Waals surface area contributed by atoms with E-state index >= 15 is 0 Å². The van der Waals surface area contributed by atoms with Crippen LogP contribution in [0.15, 0.2) is 66.7 Å². The fraction of sp³-hybridized carbons (Fsp3) is 0.292. The molecule has 0 saturated carbocycles. The van der Waals surface area contributed by atoms with Crippen molar-refractivity contribution in [1.29, 1.82) is 0 Å². The van der Waals surface area contributed by atoms with Gasteiger partial charge in [-0.25, -0.2) is 4.57 Å². The van der Waals surface area contributed by atoms with Crippen LogP contribution in [0.3, 0.4) is 0 Å². The number of carbonyl (C=O) groups is 1. The van der Waals surface area contributed by atoms with Crippen LogP contribution < -0.4 is 5.32 Å². The molecule has 2 N–H and O–H groups in total. The van der Waals surface area contributed by atoms with E-state index in [-0.39, 0.29) is 20.4 Å².